The van der Waals surface area contributed by atoms with Crippen molar-refractivity contribution in [2.24, 2.45) is 10.7 Å². The maximum Gasteiger partial charge on any atom is 0.261 e. The van der Waals surface area contributed by atoms with Crippen LogP contribution in [0.1, 0.15) is 31.8 Å². The van der Waals surface area contributed by atoms with Gasteiger partial charge >= 0.3 is 0 Å². The first kappa shape index (κ1) is 17.0. The molecule has 0 unspecified atom stereocenters. The number of hydrogen-bond acceptors (Lipinski definition) is 5. The number of aliphatic imine (C=N–C) groups is 1. The van der Waals surface area contributed by atoms with Crippen molar-refractivity contribution in [3.05, 3.63) is 52.3 Å². The van der Waals surface area contributed by atoms with E-state index >= 15 is 0 Å². The van der Waals surface area contributed by atoms with E-state index in [1.807, 2.05) is 12.1 Å². The third-order valence-corrected chi connectivity index (χ3v) is 5.27. The summed E-state index contributed by atoms with van der Waals surface area (Å²) in [7, 11) is 3.12. The average molecular weight is 361 g/mol. The molecule has 2 amide bonds. The Kier molecular flexibility index (Phi) is 3.80. The summed E-state index contributed by atoms with van der Waals surface area (Å²) in [5.41, 5.74) is 10.2. The number of nitrogens with two attached hydrogens (primary N) is 1. The largest absolute Gasteiger partial charge is 0.403 e. The third kappa shape index (κ3) is 2.21. The van der Waals surface area contributed by atoms with Crippen LogP contribution >= 0.6 is 0 Å². The Morgan fingerprint density at radius 3 is 2.63 bits per heavy atom. The van der Waals surface area contributed by atoms with Crippen molar-refractivity contribution < 1.29 is 9.59 Å². The lowest BCUT2D eigenvalue weighted by Gasteiger charge is -2.28. The number of hydrogen-bond donors (Lipinski definition) is 2. The standard InChI is InChI=1S/C20H19N5O2/c1-23-9-12(8-21)25(10-22)16-7-15-18-14(19(26)24(2)20(15)27)6-4-11-3-5-13(16)17(11)18/h4,6-10,22H,3,5,21H2,1-2H3/b12-8+,22-10?,23-9?. The van der Waals surface area contributed by atoms with Crippen molar-refractivity contribution in [3.8, 4) is 0 Å². The number of imide groups is 1. The van der Waals surface area contributed by atoms with Gasteiger partial charge in [0.05, 0.1) is 23.3 Å². The zero-order valence-corrected chi connectivity index (χ0v) is 15.1. The van der Waals surface area contributed by atoms with Crippen molar-refractivity contribution in [2.45, 2.75) is 12.8 Å². The molecule has 4 rings (SSSR count). The summed E-state index contributed by atoms with van der Waals surface area (Å²) in [6.07, 6.45) is 5.71. The van der Waals surface area contributed by atoms with Crippen LogP contribution in [0.4, 0.5) is 5.69 Å². The minimum Gasteiger partial charge on any atom is -0.403 e. The van der Waals surface area contributed by atoms with Gasteiger partial charge in [-0.1, -0.05) is 6.07 Å². The van der Waals surface area contributed by atoms with E-state index in [1.54, 1.807) is 24.2 Å². The van der Waals surface area contributed by atoms with Crippen LogP contribution in [0.15, 0.2) is 35.1 Å². The maximum atomic E-state index is 12.8. The minimum atomic E-state index is -0.336. The smallest absolute Gasteiger partial charge is 0.261 e. The van der Waals surface area contributed by atoms with Gasteiger partial charge in [-0.05, 0) is 41.5 Å². The molecule has 0 aromatic heterocycles. The maximum absolute atomic E-state index is 12.8. The molecule has 0 fully saturated rings. The second-order valence-electron chi connectivity index (χ2n) is 6.59. The Hall–Kier alpha value is -3.48. The first-order valence-corrected chi connectivity index (χ1v) is 8.61. The highest BCUT2D eigenvalue weighted by molar-refractivity contribution is 6.27. The first-order chi connectivity index (χ1) is 13.0. The Morgan fingerprint density at radius 2 is 1.96 bits per heavy atom. The first-order valence-electron chi connectivity index (χ1n) is 8.61. The van der Waals surface area contributed by atoms with Gasteiger partial charge in [-0.2, -0.15) is 0 Å². The molecule has 0 bridgehead atoms. The molecule has 2 aliphatic rings. The van der Waals surface area contributed by atoms with Crippen LogP contribution in [0.5, 0.6) is 0 Å². The number of carbonyl (C=O) groups is 2. The van der Waals surface area contributed by atoms with Crippen LogP contribution in [0.25, 0.3) is 10.8 Å². The van der Waals surface area contributed by atoms with Crippen LogP contribution in [-0.2, 0) is 12.8 Å². The molecule has 1 heterocycles. The Balaban J connectivity index is 2.09. The molecule has 1 aliphatic carbocycles. The molecule has 0 spiro atoms. The van der Waals surface area contributed by atoms with Gasteiger partial charge in [0.25, 0.3) is 11.8 Å². The molecule has 2 aromatic carbocycles. The van der Waals surface area contributed by atoms with Crippen molar-refractivity contribution >= 4 is 40.8 Å². The fourth-order valence-electron chi connectivity index (χ4n) is 4.03. The van der Waals surface area contributed by atoms with Gasteiger partial charge in [0.2, 0.25) is 0 Å². The van der Waals surface area contributed by atoms with E-state index in [4.69, 9.17) is 11.1 Å². The summed E-state index contributed by atoms with van der Waals surface area (Å²) in [4.78, 5) is 32.2. The lowest BCUT2D eigenvalue weighted by atomic mass is 9.90. The Bertz CT molecular complexity index is 1080. The van der Waals surface area contributed by atoms with E-state index in [1.165, 1.54) is 13.2 Å². The molecule has 27 heavy (non-hydrogen) atoms. The monoisotopic (exact) mass is 361 g/mol. The van der Waals surface area contributed by atoms with E-state index in [-0.39, 0.29) is 11.8 Å². The van der Waals surface area contributed by atoms with Gasteiger partial charge in [0.15, 0.2) is 0 Å². The van der Waals surface area contributed by atoms with Crippen LogP contribution in [-0.4, -0.2) is 43.4 Å². The van der Waals surface area contributed by atoms with Crippen molar-refractivity contribution in [2.75, 3.05) is 19.0 Å². The van der Waals surface area contributed by atoms with E-state index < -0.39 is 0 Å². The lowest BCUT2D eigenvalue weighted by molar-refractivity contribution is 0.0650. The highest BCUT2D eigenvalue weighted by Gasteiger charge is 2.35. The van der Waals surface area contributed by atoms with Gasteiger partial charge in [-0.25, -0.2) is 0 Å². The second kappa shape index (κ2) is 6.05. The summed E-state index contributed by atoms with van der Waals surface area (Å²) < 4.78 is 0. The lowest BCUT2D eigenvalue weighted by Crippen LogP contribution is -2.37. The zero-order chi connectivity index (χ0) is 19.3. The molecule has 3 N–H and O–H groups in total. The van der Waals surface area contributed by atoms with Gasteiger partial charge in [-0.3, -0.25) is 29.8 Å². The number of nitrogens with one attached hydrogen (secondary N) is 1. The van der Waals surface area contributed by atoms with Gasteiger partial charge in [0, 0.05) is 37.5 Å². The normalized spacial score (nSPS) is 15.9. The summed E-state index contributed by atoms with van der Waals surface area (Å²) in [5, 5.41) is 9.58. The number of nitrogens with zero attached hydrogens (tertiary/aromatic N) is 3. The topological polar surface area (TPSA) is 103 Å². The predicted molar refractivity (Wildman–Crippen MR) is 106 cm³/mol. The SMILES string of the molecule is CN=C/C(=C\N)N(C=N)c1cc2c3c(ccc4c3c1CC4)C(=O)N(C)C2=O. The quantitative estimate of drug-likeness (QED) is 0.494. The van der Waals surface area contributed by atoms with Crippen LogP contribution in [0.2, 0.25) is 0 Å². The van der Waals surface area contributed by atoms with Crippen molar-refractivity contribution in [1.82, 2.24) is 4.90 Å². The van der Waals surface area contributed by atoms with Crippen LogP contribution in [0, 0.1) is 5.41 Å². The van der Waals surface area contributed by atoms with E-state index in [0.717, 1.165) is 51.7 Å². The molecule has 7 nitrogen and oxygen atoms in total. The van der Waals surface area contributed by atoms with Crippen LogP contribution < -0.4 is 10.6 Å². The van der Waals surface area contributed by atoms with E-state index in [2.05, 4.69) is 4.99 Å². The molecular weight excluding hydrogens is 342 g/mol. The average Bonchev–Trinajstić information content (AvgIpc) is 3.12. The number of carbonyl (C=O) groups excluding carboxylic acids is 2. The molecule has 7 heteroatoms. The molecule has 0 saturated carbocycles. The fourth-order valence-corrected chi connectivity index (χ4v) is 4.03. The summed E-state index contributed by atoms with van der Waals surface area (Å²) in [6.45, 7) is 0. The number of amides is 2. The molecule has 0 saturated heterocycles. The zero-order valence-electron chi connectivity index (χ0n) is 15.1. The molecular formula is C20H19N5O2. The van der Waals surface area contributed by atoms with Gasteiger partial charge < -0.3 is 5.73 Å². The molecule has 0 atom stereocenters. The van der Waals surface area contributed by atoms with Gasteiger partial charge in [0.1, 0.15) is 0 Å². The highest BCUT2D eigenvalue weighted by atomic mass is 16.2. The second-order valence-corrected chi connectivity index (χ2v) is 6.59. The summed E-state index contributed by atoms with van der Waals surface area (Å²) in [5.74, 6) is -0.620. The predicted octanol–water partition coefficient (Wildman–Crippen LogP) is 2.08. The van der Waals surface area contributed by atoms with Gasteiger partial charge in [-0.15, -0.1) is 0 Å². The molecule has 0 radical (unpaired) electrons. The number of aryl methyl sites for hydroxylation is 2. The van der Waals surface area contributed by atoms with E-state index in [9.17, 15) is 9.59 Å². The van der Waals surface area contributed by atoms with Crippen LogP contribution in [0.3, 0.4) is 0 Å². The van der Waals surface area contributed by atoms with Crippen molar-refractivity contribution in [1.29, 1.82) is 5.41 Å². The fraction of sp³-hybridized carbons (Fsp3) is 0.200. The van der Waals surface area contributed by atoms with E-state index in [0.29, 0.717) is 16.8 Å². The van der Waals surface area contributed by atoms with Crippen molar-refractivity contribution in [3.63, 3.8) is 0 Å². The Morgan fingerprint density at radius 1 is 1.22 bits per heavy atom. The number of rotatable bonds is 4. The molecule has 1 aliphatic heterocycles. The Labute approximate surface area is 156 Å². The number of anilines is 1. The number of benzene rings is 2. The minimum absolute atomic E-state index is 0.283. The molecule has 2 aromatic rings. The summed E-state index contributed by atoms with van der Waals surface area (Å²) in [6, 6.07) is 5.54. The summed E-state index contributed by atoms with van der Waals surface area (Å²) >= 11 is 0. The third-order valence-electron chi connectivity index (χ3n) is 5.27. The number of allylic oxidation sites excluding steroid dienone is 1. The molecule has 136 valence electrons. The highest BCUT2D eigenvalue weighted by Crippen LogP contribution is 2.43.